The highest BCUT2D eigenvalue weighted by Gasteiger charge is 2.34. The molecule has 1 amide bonds. The molecule has 1 aliphatic rings. The Labute approximate surface area is 324 Å². The Balaban J connectivity index is 1.18. The SMILES string of the molecule is COc1cc(/C=N\N=C2\S/C(=C\c3ccc(OCc4ccc(Cl)cc4Cl)c(OC)c3)C(=O)N2Cc2ccco2)ccc1OCc1ccc(Cl)cc1Cl. The number of benzene rings is 4. The van der Waals surface area contributed by atoms with Gasteiger partial charge in [0.25, 0.3) is 5.91 Å². The Morgan fingerprint density at radius 3 is 1.90 bits per heavy atom. The van der Waals surface area contributed by atoms with E-state index in [0.717, 1.165) is 16.7 Å². The number of furan rings is 1. The van der Waals surface area contributed by atoms with Gasteiger partial charge in [-0.25, -0.2) is 0 Å². The molecule has 0 aliphatic carbocycles. The van der Waals surface area contributed by atoms with Gasteiger partial charge in [0.15, 0.2) is 28.2 Å². The van der Waals surface area contributed by atoms with E-state index in [1.54, 1.807) is 99.5 Å². The first kappa shape index (κ1) is 37.2. The molecule has 9 nitrogen and oxygen atoms in total. The van der Waals surface area contributed by atoms with Crippen LogP contribution in [0.15, 0.2) is 111 Å². The monoisotopic (exact) mass is 795 g/mol. The molecule has 1 aromatic heterocycles. The average Bonchev–Trinajstić information content (AvgIpc) is 3.76. The van der Waals surface area contributed by atoms with Crippen molar-refractivity contribution in [1.29, 1.82) is 0 Å². The van der Waals surface area contributed by atoms with Crippen LogP contribution in [0.25, 0.3) is 6.08 Å². The molecule has 1 aliphatic heterocycles. The Kier molecular flexibility index (Phi) is 12.4. The second kappa shape index (κ2) is 17.3. The second-order valence-electron chi connectivity index (χ2n) is 11.1. The zero-order chi connectivity index (χ0) is 36.6. The van der Waals surface area contributed by atoms with Crippen molar-refractivity contribution in [2.45, 2.75) is 19.8 Å². The van der Waals surface area contributed by atoms with E-state index in [9.17, 15) is 4.79 Å². The van der Waals surface area contributed by atoms with Crippen molar-refractivity contribution >= 4 is 81.5 Å². The number of carbonyl (C=O) groups is 1. The standard InChI is InChI=1S/C38H29Cl4N3O6S/c1-47-34-14-23(5-11-32(34)50-21-25-7-9-27(39)17-30(25)41)16-36-37(46)45(20-29-4-3-13-49-29)38(52-36)44-43-19-24-6-12-33(35(15-24)48-2)51-22-26-8-10-28(40)18-31(26)42/h3-19H,20-22H2,1-2H3/b36-16-,43-19-,44-38+. The van der Waals surface area contributed by atoms with Gasteiger partial charge in [-0.3, -0.25) is 9.69 Å². The van der Waals surface area contributed by atoms with Gasteiger partial charge in [-0.05, 0) is 95.7 Å². The van der Waals surface area contributed by atoms with Crippen molar-refractivity contribution in [3.63, 3.8) is 0 Å². The third-order valence-corrected chi connectivity index (χ3v) is 9.77. The molecule has 0 saturated carbocycles. The van der Waals surface area contributed by atoms with Crippen LogP contribution in [0.3, 0.4) is 0 Å². The maximum atomic E-state index is 13.7. The summed E-state index contributed by atoms with van der Waals surface area (Å²) in [5, 5.41) is 11.2. The molecule has 6 rings (SSSR count). The molecule has 0 unspecified atom stereocenters. The quantitative estimate of drug-likeness (QED) is 0.0665. The van der Waals surface area contributed by atoms with E-state index in [0.29, 0.717) is 64.5 Å². The van der Waals surface area contributed by atoms with E-state index in [2.05, 4.69) is 10.2 Å². The van der Waals surface area contributed by atoms with E-state index in [-0.39, 0.29) is 25.7 Å². The van der Waals surface area contributed by atoms with Crippen LogP contribution < -0.4 is 18.9 Å². The van der Waals surface area contributed by atoms with Crippen LogP contribution in [0, 0.1) is 0 Å². The number of amidine groups is 1. The highest BCUT2D eigenvalue weighted by atomic mass is 35.5. The molecule has 0 bridgehead atoms. The average molecular weight is 798 g/mol. The van der Waals surface area contributed by atoms with Gasteiger partial charge in [0.1, 0.15) is 19.0 Å². The number of hydrogen-bond acceptors (Lipinski definition) is 9. The smallest absolute Gasteiger partial charge is 0.267 e. The molecule has 1 fully saturated rings. The summed E-state index contributed by atoms with van der Waals surface area (Å²) >= 11 is 25.8. The molecule has 1 saturated heterocycles. The van der Waals surface area contributed by atoms with Gasteiger partial charge in [0, 0.05) is 31.2 Å². The van der Waals surface area contributed by atoms with E-state index in [4.69, 9.17) is 69.8 Å². The minimum Gasteiger partial charge on any atom is -0.493 e. The van der Waals surface area contributed by atoms with Crippen molar-refractivity contribution < 1.29 is 28.2 Å². The van der Waals surface area contributed by atoms with Crippen molar-refractivity contribution in [2.75, 3.05) is 14.2 Å². The molecule has 4 aromatic carbocycles. The second-order valence-corrected chi connectivity index (χ2v) is 13.8. The van der Waals surface area contributed by atoms with Crippen LogP contribution in [0.1, 0.15) is 28.0 Å². The molecule has 0 atom stereocenters. The van der Waals surface area contributed by atoms with E-state index < -0.39 is 0 Å². The van der Waals surface area contributed by atoms with Crippen molar-refractivity contribution in [3.8, 4) is 23.0 Å². The summed E-state index contributed by atoms with van der Waals surface area (Å²) in [6, 6.07) is 24.7. The van der Waals surface area contributed by atoms with Gasteiger partial charge in [-0.1, -0.05) is 64.6 Å². The van der Waals surface area contributed by atoms with Crippen LogP contribution in [-0.2, 0) is 24.6 Å². The molecule has 2 heterocycles. The number of carbonyl (C=O) groups excluding carboxylic acids is 1. The number of hydrogen-bond donors (Lipinski definition) is 0. The summed E-state index contributed by atoms with van der Waals surface area (Å²) < 4.78 is 28.6. The lowest BCUT2D eigenvalue weighted by atomic mass is 10.1. The predicted octanol–water partition coefficient (Wildman–Crippen LogP) is 10.6. The Hall–Kier alpha value is -4.58. The fraction of sp³-hybridized carbons (Fsp3) is 0.132. The van der Waals surface area contributed by atoms with Crippen molar-refractivity contribution in [1.82, 2.24) is 4.90 Å². The predicted molar refractivity (Wildman–Crippen MR) is 207 cm³/mol. The lowest BCUT2D eigenvalue weighted by molar-refractivity contribution is -0.122. The van der Waals surface area contributed by atoms with Crippen LogP contribution in [-0.4, -0.2) is 36.4 Å². The molecule has 5 aromatic rings. The molecular formula is C38H29Cl4N3O6S. The van der Waals surface area contributed by atoms with E-state index in [1.165, 1.54) is 16.7 Å². The molecule has 0 radical (unpaired) electrons. The lowest BCUT2D eigenvalue weighted by Crippen LogP contribution is -2.28. The van der Waals surface area contributed by atoms with Crippen LogP contribution >= 0.6 is 58.2 Å². The first-order valence-corrected chi connectivity index (χ1v) is 17.9. The van der Waals surface area contributed by atoms with Gasteiger partial charge in [0.2, 0.25) is 0 Å². The third-order valence-electron chi connectivity index (χ3n) is 7.60. The minimum atomic E-state index is -0.254. The highest BCUT2D eigenvalue weighted by Crippen LogP contribution is 2.36. The molecule has 52 heavy (non-hydrogen) atoms. The van der Waals surface area contributed by atoms with Gasteiger partial charge >= 0.3 is 0 Å². The fourth-order valence-electron chi connectivity index (χ4n) is 4.94. The molecule has 266 valence electrons. The zero-order valence-corrected chi connectivity index (χ0v) is 31.5. The number of ether oxygens (including phenoxy) is 4. The van der Waals surface area contributed by atoms with E-state index >= 15 is 0 Å². The van der Waals surface area contributed by atoms with Crippen molar-refractivity contribution in [2.24, 2.45) is 10.2 Å². The largest absolute Gasteiger partial charge is 0.493 e. The summed E-state index contributed by atoms with van der Waals surface area (Å²) in [7, 11) is 3.10. The van der Waals surface area contributed by atoms with Gasteiger partial charge in [-0.2, -0.15) is 5.10 Å². The molecule has 0 N–H and O–H groups in total. The lowest BCUT2D eigenvalue weighted by Gasteiger charge is -2.13. The Bertz CT molecular complexity index is 2170. The maximum Gasteiger partial charge on any atom is 0.267 e. The first-order chi connectivity index (χ1) is 25.2. The zero-order valence-electron chi connectivity index (χ0n) is 27.6. The van der Waals surface area contributed by atoms with Gasteiger partial charge in [-0.15, -0.1) is 5.10 Å². The number of rotatable bonds is 13. The number of amides is 1. The normalized spacial score (nSPS) is 14.5. The number of nitrogens with zero attached hydrogens (tertiary/aromatic N) is 3. The van der Waals surface area contributed by atoms with Crippen LogP contribution in [0.4, 0.5) is 0 Å². The maximum absolute atomic E-state index is 13.7. The third kappa shape index (κ3) is 9.25. The van der Waals surface area contributed by atoms with Crippen molar-refractivity contribution in [3.05, 3.63) is 144 Å². The topological polar surface area (TPSA) is 95.1 Å². The first-order valence-electron chi connectivity index (χ1n) is 15.5. The number of halogens is 4. The number of methoxy groups -OCH3 is 2. The van der Waals surface area contributed by atoms with Gasteiger partial charge in [0.05, 0.1) is 38.1 Å². The summed E-state index contributed by atoms with van der Waals surface area (Å²) in [5.41, 5.74) is 2.99. The minimum absolute atomic E-state index is 0.172. The molecular weight excluding hydrogens is 768 g/mol. The summed E-state index contributed by atoms with van der Waals surface area (Å²) in [5.74, 6) is 2.36. The Morgan fingerprint density at radius 1 is 0.750 bits per heavy atom. The summed E-state index contributed by atoms with van der Waals surface area (Å²) in [4.78, 5) is 15.6. The molecule has 0 spiro atoms. The summed E-state index contributed by atoms with van der Waals surface area (Å²) in [6.45, 7) is 0.614. The van der Waals surface area contributed by atoms with Crippen LogP contribution in [0.2, 0.25) is 20.1 Å². The highest BCUT2D eigenvalue weighted by molar-refractivity contribution is 8.18. The summed E-state index contributed by atoms with van der Waals surface area (Å²) in [6.07, 6.45) is 4.88. The van der Waals surface area contributed by atoms with E-state index in [1.807, 2.05) is 18.2 Å². The van der Waals surface area contributed by atoms with Gasteiger partial charge < -0.3 is 23.4 Å². The Morgan fingerprint density at radius 2 is 1.35 bits per heavy atom. The number of thioether (sulfide) groups is 1. The fourth-order valence-corrected chi connectivity index (χ4v) is 6.80. The van der Waals surface area contributed by atoms with Crippen LogP contribution in [0.5, 0.6) is 23.0 Å². The molecule has 14 heteroatoms.